The summed E-state index contributed by atoms with van der Waals surface area (Å²) in [4.78, 5) is 11.8. The molecule has 3 rings (SSSR count). The molecule has 1 saturated carbocycles. The van der Waals surface area contributed by atoms with Crippen LogP contribution in [0, 0.1) is 16.7 Å². The van der Waals surface area contributed by atoms with E-state index in [0.29, 0.717) is 12.0 Å². The van der Waals surface area contributed by atoms with Crippen LogP contribution in [-0.2, 0) is 9.53 Å². The van der Waals surface area contributed by atoms with Gasteiger partial charge in [0.05, 0.1) is 17.8 Å². The third kappa shape index (κ3) is 1.56. The monoisotopic (exact) mass is 266 g/mol. The van der Waals surface area contributed by atoms with Gasteiger partial charge in [-0.1, -0.05) is 20.8 Å². The van der Waals surface area contributed by atoms with Gasteiger partial charge in [-0.05, 0) is 36.2 Å². The number of aliphatic hydroxyl groups is 2. The number of fused-ring (bicyclic) bond motifs is 2. The predicted molar refractivity (Wildman–Crippen MR) is 69.2 cm³/mol. The first-order chi connectivity index (χ1) is 8.78. The van der Waals surface area contributed by atoms with Crippen molar-refractivity contribution in [2.75, 3.05) is 6.61 Å². The number of rotatable bonds is 0. The molecule has 3 aliphatic rings. The van der Waals surface area contributed by atoms with Crippen LogP contribution in [0.5, 0.6) is 0 Å². The second-order valence-corrected chi connectivity index (χ2v) is 7.10. The number of hydrogen-bond acceptors (Lipinski definition) is 4. The minimum Gasteiger partial charge on any atom is -0.458 e. The lowest BCUT2D eigenvalue weighted by Gasteiger charge is -2.56. The third-order valence-corrected chi connectivity index (χ3v) is 5.76. The van der Waals surface area contributed by atoms with Crippen LogP contribution in [0.1, 0.15) is 40.0 Å². The van der Waals surface area contributed by atoms with E-state index in [9.17, 15) is 15.0 Å². The standard InChI is InChI=1S/C15H22O4/c1-14(2)5-4-11(17)15(3)8-7-19-13(18)12(8)9(16)6-10(14)15/h9-11,16-17H,4-7H2,1-3H3. The summed E-state index contributed by atoms with van der Waals surface area (Å²) in [6.45, 7) is 6.65. The molecule has 0 bridgehead atoms. The highest BCUT2D eigenvalue weighted by Crippen LogP contribution is 2.60. The summed E-state index contributed by atoms with van der Waals surface area (Å²) in [5.74, 6) is -0.232. The van der Waals surface area contributed by atoms with Crippen molar-refractivity contribution in [2.24, 2.45) is 16.7 Å². The normalized spacial score (nSPS) is 44.7. The average Bonchev–Trinajstić information content (AvgIpc) is 2.72. The van der Waals surface area contributed by atoms with Crippen molar-refractivity contribution in [2.45, 2.75) is 52.2 Å². The quantitative estimate of drug-likeness (QED) is 0.651. The highest BCUT2D eigenvalue weighted by atomic mass is 16.5. The Hall–Kier alpha value is -0.870. The zero-order valence-electron chi connectivity index (χ0n) is 11.8. The van der Waals surface area contributed by atoms with Crippen LogP contribution in [0.4, 0.5) is 0 Å². The number of cyclic esters (lactones) is 1. The Bertz CT molecular complexity index is 465. The Kier molecular flexibility index (Phi) is 2.64. The number of carbonyl (C=O) groups excluding carboxylic acids is 1. The highest BCUT2D eigenvalue weighted by molar-refractivity contribution is 5.93. The largest absolute Gasteiger partial charge is 0.458 e. The molecular formula is C15H22O4. The number of carbonyl (C=O) groups is 1. The first-order valence-corrected chi connectivity index (χ1v) is 7.05. The molecule has 4 atom stereocenters. The number of ether oxygens (including phenoxy) is 1. The summed E-state index contributed by atoms with van der Waals surface area (Å²) in [7, 11) is 0. The average molecular weight is 266 g/mol. The molecule has 2 aliphatic carbocycles. The van der Waals surface area contributed by atoms with E-state index in [2.05, 4.69) is 13.8 Å². The molecule has 0 aromatic carbocycles. The summed E-state index contributed by atoms with van der Waals surface area (Å²) in [6.07, 6.45) is 1.01. The first kappa shape index (κ1) is 13.1. The van der Waals surface area contributed by atoms with E-state index in [0.717, 1.165) is 18.4 Å². The molecular weight excluding hydrogens is 244 g/mol. The van der Waals surface area contributed by atoms with Crippen molar-refractivity contribution >= 4 is 5.97 Å². The Morgan fingerprint density at radius 3 is 2.63 bits per heavy atom. The fourth-order valence-corrected chi connectivity index (χ4v) is 4.54. The lowest BCUT2D eigenvalue weighted by atomic mass is 9.49. The maximum absolute atomic E-state index is 11.8. The van der Waals surface area contributed by atoms with Crippen LogP contribution < -0.4 is 0 Å². The molecule has 0 saturated heterocycles. The van der Waals surface area contributed by atoms with Gasteiger partial charge in [0.15, 0.2) is 0 Å². The predicted octanol–water partition coefficient (Wildman–Crippen LogP) is 1.41. The van der Waals surface area contributed by atoms with Crippen LogP contribution in [-0.4, -0.2) is 35.0 Å². The smallest absolute Gasteiger partial charge is 0.337 e. The van der Waals surface area contributed by atoms with Crippen LogP contribution in [0.2, 0.25) is 0 Å². The maximum Gasteiger partial charge on any atom is 0.337 e. The molecule has 0 amide bonds. The zero-order chi connectivity index (χ0) is 14.0. The number of esters is 1. The second kappa shape index (κ2) is 3.83. The van der Waals surface area contributed by atoms with Gasteiger partial charge in [-0.15, -0.1) is 0 Å². The van der Waals surface area contributed by atoms with Crippen molar-refractivity contribution < 1.29 is 19.7 Å². The fourth-order valence-electron chi connectivity index (χ4n) is 4.54. The minimum atomic E-state index is -0.743. The van der Waals surface area contributed by atoms with Crippen LogP contribution >= 0.6 is 0 Å². The fraction of sp³-hybridized carbons (Fsp3) is 0.800. The van der Waals surface area contributed by atoms with E-state index in [4.69, 9.17) is 4.74 Å². The topological polar surface area (TPSA) is 66.8 Å². The summed E-state index contributed by atoms with van der Waals surface area (Å²) in [5.41, 5.74) is 0.860. The molecule has 2 N–H and O–H groups in total. The third-order valence-electron chi connectivity index (χ3n) is 5.76. The van der Waals surface area contributed by atoms with Gasteiger partial charge in [-0.3, -0.25) is 0 Å². The van der Waals surface area contributed by atoms with Crippen molar-refractivity contribution in [3.63, 3.8) is 0 Å². The SMILES string of the molecule is CC1(C)CCC(O)C2(C)C3=C(C(=O)OC3)C(O)CC12. The van der Waals surface area contributed by atoms with E-state index in [1.807, 2.05) is 6.92 Å². The van der Waals surface area contributed by atoms with Crippen molar-refractivity contribution in [1.82, 2.24) is 0 Å². The molecule has 4 nitrogen and oxygen atoms in total. The van der Waals surface area contributed by atoms with Crippen molar-refractivity contribution in [3.8, 4) is 0 Å². The summed E-state index contributed by atoms with van der Waals surface area (Å²) in [5, 5.41) is 20.8. The van der Waals surface area contributed by atoms with E-state index >= 15 is 0 Å². The first-order valence-electron chi connectivity index (χ1n) is 7.05. The van der Waals surface area contributed by atoms with Gasteiger partial charge >= 0.3 is 5.97 Å². The molecule has 0 radical (unpaired) electrons. The van der Waals surface area contributed by atoms with Crippen molar-refractivity contribution in [1.29, 1.82) is 0 Å². The molecule has 1 heterocycles. The van der Waals surface area contributed by atoms with Crippen LogP contribution in [0.15, 0.2) is 11.1 Å². The Morgan fingerprint density at radius 1 is 1.26 bits per heavy atom. The van der Waals surface area contributed by atoms with Gasteiger partial charge in [0.1, 0.15) is 6.61 Å². The van der Waals surface area contributed by atoms with Gasteiger partial charge < -0.3 is 14.9 Å². The molecule has 0 aromatic rings. The lowest BCUT2D eigenvalue weighted by molar-refractivity contribution is -0.137. The zero-order valence-corrected chi connectivity index (χ0v) is 11.8. The summed E-state index contributed by atoms with van der Waals surface area (Å²) in [6, 6.07) is 0. The summed E-state index contributed by atoms with van der Waals surface area (Å²) >= 11 is 0. The molecule has 1 fully saturated rings. The van der Waals surface area contributed by atoms with Crippen molar-refractivity contribution in [3.05, 3.63) is 11.1 Å². The number of aliphatic hydroxyl groups excluding tert-OH is 2. The summed E-state index contributed by atoms with van der Waals surface area (Å²) < 4.78 is 5.12. The molecule has 0 spiro atoms. The molecule has 19 heavy (non-hydrogen) atoms. The minimum absolute atomic E-state index is 0.0547. The highest BCUT2D eigenvalue weighted by Gasteiger charge is 2.59. The second-order valence-electron chi connectivity index (χ2n) is 7.10. The number of hydrogen-bond donors (Lipinski definition) is 2. The Labute approximate surface area is 113 Å². The Balaban J connectivity index is 2.16. The van der Waals surface area contributed by atoms with Gasteiger partial charge in [0, 0.05) is 5.41 Å². The van der Waals surface area contributed by atoms with Gasteiger partial charge in [-0.2, -0.15) is 0 Å². The molecule has 106 valence electrons. The maximum atomic E-state index is 11.8. The van der Waals surface area contributed by atoms with E-state index in [1.54, 1.807) is 0 Å². The molecule has 4 heteroatoms. The van der Waals surface area contributed by atoms with E-state index < -0.39 is 23.6 Å². The molecule has 4 unspecified atom stereocenters. The van der Waals surface area contributed by atoms with E-state index in [1.165, 1.54) is 0 Å². The lowest BCUT2D eigenvalue weighted by Crippen LogP contribution is -2.55. The molecule has 0 aromatic heterocycles. The van der Waals surface area contributed by atoms with Gasteiger partial charge in [0.2, 0.25) is 0 Å². The van der Waals surface area contributed by atoms with Crippen LogP contribution in [0.25, 0.3) is 0 Å². The van der Waals surface area contributed by atoms with Crippen LogP contribution in [0.3, 0.4) is 0 Å². The Morgan fingerprint density at radius 2 is 1.95 bits per heavy atom. The van der Waals surface area contributed by atoms with E-state index in [-0.39, 0.29) is 17.9 Å². The van der Waals surface area contributed by atoms with Gasteiger partial charge in [0.25, 0.3) is 0 Å². The molecule has 1 aliphatic heterocycles. The van der Waals surface area contributed by atoms with Gasteiger partial charge in [-0.25, -0.2) is 4.79 Å².